The number of thiocarbonyl (C=S) groups is 1. The fourth-order valence-electron chi connectivity index (χ4n) is 2.46. The molecule has 0 spiro atoms. The van der Waals surface area contributed by atoms with Crippen LogP contribution < -0.4 is 5.73 Å². The molecule has 0 atom stereocenters. The summed E-state index contributed by atoms with van der Waals surface area (Å²) in [7, 11) is 0. The average molecular weight is 258 g/mol. The van der Waals surface area contributed by atoms with E-state index < -0.39 is 0 Å². The van der Waals surface area contributed by atoms with Crippen LogP contribution in [-0.4, -0.2) is 19.5 Å². The first-order chi connectivity index (χ1) is 8.77. The molecule has 2 N–H and O–H groups in total. The Morgan fingerprint density at radius 2 is 2.28 bits per heavy atom. The van der Waals surface area contributed by atoms with Crippen molar-refractivity contribution in [3.63, 3.8) is 0 Å². The molecule has 0 fully saturated rings. The summed E-state index contributed by atoms with van der Waals surface area (Å²) < 4.78 is 2.23. The van der Waals surface area contributed by atoms with Crippen molar-refractivity contribution in [3.8, 4) is 11.4 Å². The number of hydrogen-bond acceptors (Lipinski definition) is 3. The molecule has 2 aromatic heterocycles. The van der Waals surface area contributed by atoms with Gasteiger partial charge in [0.15, 0.2) is 0 Å². The molecule has 0 unspecified atom stereocenters. The first-order valence-corrected chi connectivity index (χ1v) is 6.48. The fourth-order valence-corrected chi connectivity index (χ4v) is 2.62. The maximum Gasteiger partial charge on any atom is 0.142 e. The van der Waals surface area contributed by atoms with Crippen molar-refractivity contribution in [1.29, 1.82) is 0 Å². The van der Waals surface area contributed by atoms with E-state index in [1.165, 1.54) is 18.5 Å². The van der Waals surface area contributed by atoms with Crippen LogP contribution in [0.5, 0.6) is 0 Å². The molecule has 92 valence electrons. The van der Waals surface area contributed by atoms with Crippen LogP contribution in [-0.2, 0) is 13.0 Å². The Morgan fingerprint density at radius 3 is 3.00 bits per heavy atom. The zero-order valence-electron chi connectivity index (χ0n) is 9.97. The smallest absolute Gasteiger partial charge is 0.142 e. The van der Waals surface area contributed by atoms with Gasteiger partial charge in [-0.3, -0.25) is 4.98 Å². The van der Waals surface area contributed by atoms with Crippen molar-refractivity contribution in [3.05, 3.63) is 35.9 Å². The van der Waals surface area contributed by atoms with E-state index in [0.29, 0.717) is 4.99 Å². The molecule has 0 amide bonds. The Morgan fingerprint density at radius 1 is 1.39 bits per heavy atom. The van der Waals surface area contributed by atoms with E-state index in [9.17, 15) is 0 Å². The van der Waals surface area contributed by atoms with Gasteiger partial charge in [-0.15, -0.1) is 0 Å². The molecule has 2 aromatic rings. The summed E-state index contributed by atoms with van der Waals surface area (Å²) in [4.78, 5) is 9.15. The quantitative estimate of drug-likeness (QED) is 0.836. The average Bonchev–Trinajstić information content (AvgIpc) is 2.79. The Labute approximate surface area is 111 Å². The lowest BCUT2D eigenvalue weighted by molar-refractivity contribution is 0.536. The molecule has 5 heteroatoms. The zero-order valence-corrected chi connectivity index (χ0v) is 10.8. The second kappa shape index (κ2) is 4.49. The van der Waals surface area contributed by atoms with Crippen molar-refractivity contribution in [1.82, 2.24) is 14.5 Å². The second-order valence-corrected chi connectivity index (χ2v) is 4.89. The maximum atomic E-state index is 5.77. The van der Waals surface area contributed by atoms with Crippen LogP contribution in [0.15, 0.2) is 24.5 Å². The van der Waals surface area contributed by atoms with E-state index >= 15 is 0 Å². The molecule has 0 saturated heterocycles. The van der Waals surface area contributed by atoms with Gasteiger partial charge >= 0.3 is 0 Å². The Kier molecular flexibility index (Phi) is 2.83. The van der Waals surface area contributed by atoms with Crippen molar-refractivity contribution in [2.75, 3.05) is 0 Å². The standard InChI is InChI=1S/C13H14N4S/c14-12(18)11-10-5-1-2-7-17(10)13(16-11)9-4-3-6-15-8-9/h3-4,6,8H,1-2,5,7H2,(H2,14,18). The van der Waals surface area contributed by atoms with Gasteiger partial charge in [-0.25, -0.2) is 4.98 Å². The lowest BCUT2D eigenvalue weighted by Gasteiger charge is -2.17. The summed E-state index contributed by atoms with van der Waals surface area (Å²) in [6, 6.07) is 3.93. The van der Waals surface area contributed by atoms with Gasteiger partial charge in [-0.2, -0.15) is 0 Å². The molecule has 0 radical (unpaired) electrons. The third-order valence-corrected chi connectivity index (χ3v) is 3.46. The van der Waals surface area contributed by atoms with E-state index in [0.717, 1.165) is 30.0 Å². The highest BCUT2D eigenvalue weighted by molar-refractivity contribution is 7.80. The normalized spacial score (nSPS) is 14.2. The number of pyridine rings is 1. The maximum absolute atomic E-state index is 5.77. The van der Waals surface area contributed by atoms with Crippen LogP contribution >= 0.6 is 12.2 Å². The van der Waals surface area contributed by atoms with E-state index in [-0.39, 0.29) is 0 Å². The highest BCUT2D eigenvalue weighted by Crippen LogP contribution is 2.26. The summed E-state index contributed by atoms with van der Waals surface area (Å²) in [6.45, 7) is 0.981. The van der Waals surface area contributed by atoms with Gasteiger partial charge in [-0.1, -0.05) is 12.2 Å². The van der Waals surface area contributed by atoms with Crippen LogP contribution in [0, 0.1) is 0 Å². The fraction of sp³-hybridized carbons (Fsp3) is 0.308. The topological polar surface area (TPSA) is 56.7 Å². The summed E-state index contributed by atoms with van der Waals surface area (Å²) in [5, 5.41) is 0. The molecule has 3 heterocycles. The Hall–Kier alpha value is -1.75. The van der Waals surface area contributed by atoms with Gasteiger partial charge in [0.1, 0.15) is 16.5 Å². The van der Waals surface area contributed by atoms with Gasteiger partial charge < -0.3 is 10.3 Å². The van der Waals surface area contributed by atoms with Gasteiger partial charge in [-0.05, 0) is 31.4 Å². The zero-order chi connectivity index (χ0) is 12.5. The van der Waals surface area contributed by atoms with Crippen molar-refractivity contribution in [2.45, 2.75) is 25.8 Å². The van der Waals surface area contributed by atoms with Crippen LogP contribution in [0.2, 0.25) is 0 Å². The molecule has 0 bridgehead atoms. The molecule has 0 saturated carbocycles. The lowest BCUT2D eigenvalue weighted by atomic mass is 10.1. The molecule has 1 aliphatic heterocycles. The monoisotopic (exact) mass is 258 g/mol. The van der Waals surface area contributed by atoms with Crippen molar-refractivity contribution < 1.29 is 0 Å². The number of hydrogen-bond donors (Lipinski definition) is 1. The molecule has 0 aromatic carbocycles. The summed E-state index contributed by atoms with van der Waals surface area (Å²) >= 11 is 5.10. The summed E-state index contributed by atoms with van der Waals surface area (Å²) in [6.07, 6.45) is 6.94. The predicted octanol–water partition coefficient (Wildman–Crippen LogP) is 1.92. The third kappa shape index (κ3) is 1.80. The highest BCUT2D eigenvalue weighted by atomic mass is 32.1. The molecular formula is C13H14N4S. The number of imidazole rings is 1. The first kappa shape index (κ1) is 11.3. The molecule has 18 heavy (non-hydrogen) atoms. The Balaban J connectivity index is 2.18. The van der Waals surface area contributed by atoms with E-state index in [4.69, 9.17) is 18.0 Å². The molecule has 4 nitrogen and oxygen atoms in total. The first-order valence-electron chi connectivity index (χ1n) is 6.07. The number of fused-ring (bicyclic) bond motifs is 1. The van der Waals surface area contributed by atoms with Gasteiger partial charge in [0.05, 0.1) is 0 Å². The SMILES string of the molecule is NC(=S)c1nc(-c2cccnc2)n2c1CCCC2. The van der Waals surface area contributed by atoms with Crippen molar-refractivity contribution in [2.24, 2.45) is 5.73 Å². The molecule has 1 aliphatic rings. The third-order valence-electron chi connectivity index (χ3n) is 3.27. The summed E-state index contributed by atoms with van der Waals surface area (Å²) in [5.41, 5.74) is 8.74. The van der Waals surface area contributed by atoms with Crippen LogP contribution in [0.3, 0.4) is 0 Å². The number of nitrogens with zero attached hydrogens (tertiary/aromatic N) is 3. The molecular weight excluding hydrogens is 244 g/mol. The number of nitrogens with two attached hydrogens (primary N) is 1. The predicted molar refractivity (Wildman–Crippen MR) is 74.3 cm³/mol. The Bertz CT molecular complexity index is 589. The second-order valence-electron chi connectivity index (χ2n) is 4.45. The minimum Gasteiger partial charge on any atom is -0.388 e. The van der Waals surface area contributed by atoms with Gasteiger partial charge in [0.2, 0.25) is 0 Å². The summed E-state index contributed by atoms with van der Waals surface area (Å²) in [5.74, 6) is 0.931. The van der Waals surface area contributed by atoms with Gasteiger partial charge in [0.25, 0.3) is 0 Å². The van der Waals surface area contributed by atoms with Gasteiger partial charge in [0, 0.05) is 30.2 Å². The van der Waals surface area contributed by atoms with Crippen LogP contribution in [0.25, 0.3) is 11.4 Å². The largest absolute Gasteiger partial charge is 0.388 e. The van der Waals surface area contributed by atoms with Crippen molar-refractivity contribution >= 4 is 17.2 Å². The van der Waals surface area contributed by atoms with Crippen LogP contribution in [0.1, 0.15) is 24.2 Å². The van der Waals surface area contributed by atoms with Crippen LogP contribution in [0.4, 0.5) is 0 Å². The molecule has 3 rings (SSSR count). The number of rotatable bonds is 2. The van der Waals surface area contributed by atoms with E-state index in [1.54, 1.807) is 6.20 Å². The van der Waals surface area contributed by atoms with E-state index in [1.807, 2.05) is 18.3 Å². The minimum absolute atomic E-state index is 0.385. The lowest BCUT2D eigenvalue weighted by Crippen LogP contribution is -2.16. The van der Waals surface area contributed by atoms with E-state index in [2.05, 4.69) is 14.5 Å². The molecule has 0 aliphatic carbocycles. The minimum atomic E-state index is 0.385. The number of aromatic nitrogens is 3. The highest BCUT2D eigenvalue weighted by Gasteiger charge is 2.21.